The quantitative estimate of drug-likeness (QED) is 0.193. The highest BCUT2D eigenvalue weighted by Crippen LogP contribution is 2.72. The Morgan fingerprint density at radius 3 is 1.27 bits per heavy atom. The normalized spacial score (nSPS) is 49.6. The summed E-state index contributed by atoms with van der Waals surface area (Å²) in [6, 6.07) is 0. The van der Waals surface area contributed by atoms with Crippen molar-refractivity contribution in [1.82, 2.24) is 0 Å². The molecular weight excluding hydrogens is 677 g/mol. The summed E-state index contributed by atoms with van der Waals surface area (Å²) in [4.78, 5) is 16.0. The zero-order valence-corrected chi connectivity index (χ0v) is 39.1. The summed E-state index contributed by atoms with van der Waals surface area (Å²) in [6.07, 6.45) is 33.9. The second kappa shape index (κ2) is 16.2. The van der Waals surface area contributed by atoms with Gasteiger partial charge in [0, 0.05) is 11.8 Å². The molecule has 0 bridgehead atoms. The average Bonchev–Trinajstić information content (AvgIpc) is 3.70. The molecule has 0 aliphatic heterocycles. The molecule has 1 nitrogen and oxygen atoms in total. The second-order valence-electron chi connectivity index (χ2n) is 25.5. The maximum Gasteiger partial charge on any atom is 0.140 e. The molecule has 8 aliphatic carbocycles. The molecule has 0 aromatic rings. The summed E-state index contributed by atoms with van der Waals surface area (Å²) >= 11 is 0. The van der Waals surface area contributed by atoms with Gasteiger partial charge in [-0.05, 0) is 207 Å². The third-order valence-corrected chi connectivity index (χ3v) is 22.6. The Bertz CT molecular complexity index is 1260. The summed E-state index contributed by atoms with van der Waals surface area (Å²) in [5.41, 5.74) is 1.57. The van der Waals surface area contributed by atoms with Crippen molar-refractivity contribution in [2.24, 2.45) is 116 Å². The molecule has 0 aromatic carbocycles. The van der Waals surface area contributed by atoms with Crippen molar-refractivity contribution in [3.63, 3.8) is 0 Å². The Kier molecular flexibility index (Phi) is 12.2. The monoisotopic (exact) mass is 771 g/mol. The number of carbonyl (C=O) groups excluding carboxylic acids is 1. The van der Waals surface area contributed by atoms with Gasteiger partial charge in [-0.25, -0.2) is 0 Å². The lowest BCUT2D eigenvalue weighted by atomic mass is 9.39. The number of Topliss-reactive ketones (excluding diaryl/α,β-unsaturated/α-hetero) is 1. The van der Waals surface area contributed by atoms with E-state index in [0.717, 1.165) is 88.6 Å². The molecule has 0 spiro atoms. The van der Waals surface area contributed by atoms with Gasteiger partial charge in [-0.1, -0.05) is 121 Å². The largest absolute Gasteiger partial charge is 0.299 e. The van der Waals surface area contributed by atoms with Crippen molar-refractivity contribution in [2.45, 2.75) is 223 Å². The van der Waals surface area contributed by atoms with Crippen LogP contribution < -0.4 is 0 Å². The van der Waals surface area contributed by atoms with Crippen molar-refractivity contribution in [2.75, 3.05) is 0 Å². The number of hydrogen-bond donors (Lipinski definition) is 0. The molecule has 0 amide bonds. The minimum absolute atomic E-state index is 0.243. The first-order valence-electron chi connectivity index (χ1n) is 26.2. The fourth-order valence-electron chi connectivity index (χ4n) is 19.9. The van der Waals surface area contributed by atoms with E-state index in [4.69, 9.17) is 0 Å². The molecule has 8 saturated carbocycles. The van der Waals surface area contributed by atoms with Gasteiger partial charge in [-0.2, -0.15) is 0 Å². The second-order valence-corrected chi connectivity index (χ2v) is 25.5. The molecule has 4 unspecified atom stereocenters. The fraction of sp³-hybridized carbons (Fsp3) is 0.982. The van der Waals surface area contributed by atoms with Crippen LogP contribution in [-0.4, -0.2) is 5.78 Å². The maximum absolute atomic E-state index is 16.0. The van der Waals surface area contributed by atoms with Crippen LogP contribution in [0.25, 0.3) is 0 Å². The molecule has 56 heavy (non-hydrogen) atoms. The molecule has 1 heteroatoms. The van der Waals surface area contributed by atoms with Crippen LogP contribution in [0.1, 0.15) is 223 Å². The van der Waals surface area contributed by atoms with Crippen LogP contribution >= 0.6 is 0 Å². The summed E-state index contributed by atoms with van der Waals surface area (Å²) in [7, 11) is 0. The molecule has 0 N–H and O–H groups in total. The Balaban J connectivity index is 1.01. The first-order chi connectivity index (χ1) is 26.7. The Hall–Kier alpha value is -0.330. The van der Waals surface area contributed by atoms with Crippen molar-refractivity contribution in [3.8, 4) is 0 Å². The molecule has 320 valence electrons. The van der Waals surface area contributed by atoms with Gasteiger partial charge in [0.25, 0.3) is 0 Å². The molecular formula is C55H94O. The van der Waals surface area contributed by atoms with Crippen LogP contribution in [-0.2, 0) is 4.79 Å². The predicted octanol–water partition coefficient (Wildman–Crippen LogP) is 16.0. The van der Waals surface area contributed by atoms with E-state index in [-0.39, 0.29) is 10.8 Å². The van der Waals surface area contributed by atoms with Crippen LogP contribution in [0.4, 0.5) is 0 Å². The number of rotatable bonds is 12. The van der Waals surface area contributed by atoms with Crippen molar-refractivity contribution in [1.29, 1.82) is 0 Å². The summed E-state index contributed by atoms with van der Waals surface area (Å²) in [5.74, 6) is 13.5. The van der Waals surface area contributed by atoms with Crippen molar-refractivity contribution < 1.29 is 4.79 Å². The molecule has 18 atom stereocenters. The zero-order valence-electron chi connectivity index (χ0n) is 39.1. The summed E-state index contributed by atoms with van der Waals surface area (Å²) in [5, 5.41) is 0. The predicted molar refractivity (Wildman–Crippen MR) is 238 cm³/mol. The fourth-order valence-corrected chi connectivity index (χ4v) is 19.9. The van der Waals surface area contributed by atoms with E-state index in [1.807, 2.05) is 0 Å². The maximum atomic E-state index is 16.0. The number of fused-ring (bicyclic) bond motifs is 10. The highest BCUT2D eigenvalue weighted by Gasteiger charge is 2.66. The van der Waals surface area contributed by atoms with Crippen LogP contribution in [0.2, 0.25) is 0 Å². The van der Waals surface area contributed by atoms with Crippen LogP contribution in [0.5, 0.6) is 0 Å². The lowest BCUT2D eigenvalue weighted by molar-refractivity contribution is -0.178. The van der Waals surface area contributed by atoms with Gasteiger partial charge in [-0.15, -0.1) is 0 Å². The molecule has 8 aliphatic rings. The summed E-state index contributed by atoms with van der Waals surface area (Å²) in [6.45, 7) is 26.0. The van der Waals surface area contributed by atoms with E-state index in [1.54, 1.807) is 0 Å². The van der Waals surface area contributed by atoms with Crippen LogP contribution in [0.15, 0.2) is 0 Å². The van der Waals surface area contributed by atoms with Crippen molar-refractivity contribution >= 4 is 5.78 Å². The molecule has 0 saturated heterocycles. The van der Waals surface area contributed by atoms with E-state index in [1.165, 1.54) is 154 Å². The van der Waals surface area contributed by atoms with E-state index in [2.05, 4.69) is 69.2 Å². The average molecular weight is 771 g/mol. The lowest BCUT2D eigenvalue weighted by Crippen LogP contribution is -2.61. The van der Waals surface area contributed by atoms with Gasteiger partial charge in [0.2, 0.25) is 0 Å². The highest BCUT2D eigenvalue weighted by atomic mass is 16.1. The minimum atomic E-state index is 0.243. The molecule has 8 rings (SSSR count). The zero-order chi connectivity index (χ0) is 39.8. The Morgan fingerprint density at radius 2 is 0.875 bits per heavy atom. The smallest absolute Gasteiger partial charge is 0.140 e. The van der Waals surface area contributed by atoms with Gasteiger partial charge < -0.3 is 0 Å². The van der Waals surface area contributed by atoms with Gasteiger partial charge in [0.05, 0.1) is 0 Å². The van der Waals surface area contributed by atoms with Gasteiger partial charge in [0.15, 0.2) is 0 Å². The van der Waals surface area contributed by atoms with E-state index < -0.39 is 0 Å². The first-order valence-corrected chi connectivity index (χ1v) is 26.2. The van der Waals surface area contributed by atoms with Crippen LogP contribution in [0, 0.1) is 116 Å². The SMILES string of the molecule is CC(C)CCC[C@@H](C)[C@H]1CC[C@H]2[C@@H]3CCC4CCCC(C(=O)C5CCCC6CC[C@@H]7[C@H](CC[C@]8(C)[C@@H]([C@H](C)CCCC(C)C)CC[C@@H]78)[C@]65C)[C@]4(C)[C@H]3CC[C@]12C. The number of carbonyl (C=O) groups is 1. The van der Waals surface area contributed by atoms with Crippen molar-refractivity contribution in [3.05, 3.63) is 0 Å². The minimum Gasteiger partial charge on any atom is -0.299 e. The lowest BCUT2D eigenvalue weighted by Gasteiger charge is -2.65. The number of hydrogen-bond acceptors (Lipinski definition) is 1. The molecule has 0 heterocycles. The Morgan fingerprint density at radius 1 is 0.464 bits per heavy atom. The topological polar surface area (TPSA) is 17.1 Å². The Labute approximate surface area is 349 Å². The summed E-state index contributed by atoms with van der Waals surface area (Å²) < 4.78 is 0. The number of ketones is 1. The molecule has 8 fully saturated rings. The highest BCUT2D eigenvalue weighted by molar-refractivity contribution is 5.85. The third kappa shape index (κ3) is 6.83. The van der Waals surface area contributed by atoms with Gasteiger partial charge in [0.1, 0.15) is 5.78 Å². The van der Waals surface area contributed by atoms with Crippen LogP contribution in [0.3, 0.4) is 0 Å². The first kappa shape index (κ1) is 42.4. The third-order valence-electron chi connectivity index (χ3n) is 22.6. The van der Waals surface area contributed by atoms with E-state index in [0.29, 0.717) is 22.7 Å². The van der Waals surface area contributed by atoms with Gasteiger partial charge in [-0.3, -0.25) is 4.79 Å². The molecule has 0 radical (unpaired) electrons. The van der Waals surface area contributed by atoms with E-state index in [9.17, 15) is 0 Å². The van der Waals surface area contributed by atoms with E-state index >= 15 is 4.79 Å². The van der Waals surface area contributed by atoms with Gasteiger partial charge >= 0.3 is 0 Å². The standard InChI is InChI=1S/C55H94O/c1-35(2)15-11-17-37(5)43-27-29-45-41-25-23-39-19-13-21-49(54(39,9)47(41)31-33-52(43,45)7)51(56)50-22-14-20-40-24-26-42-46-30-28-44(38(6)18-12-16-36(3)4)53(46,8)34-32-48(42)55(40,50)10/h35-50H,11-34H2,1-10H3/t37-,38-,39?,40?,41+,42+,43-,44-,45+,46+,47+,48+,49?,50?,52-,53-,54+,55+/m1/s1. The molecule has 0 aromatic heterocycles.